The normalized spacial score (nSPS) is 10.3. The maximum atomic E-state index is 13.6. The standard InChI is InChI=1S/C14H14FNO3/c1-9-5-6-19-13(9)8-16-12-7-10(14(17)18-2)3-4-11(12)15/h3-7,16H,8H2,1-2H3. The predicted octanol–water partition coefficient (Wildman–Crippen LogP) is 3.13. The highest BCUT2D eigenvalue weighted by Crippen LogP contribution is 2.19. The molecule has 0 aliphatic heterocycles. The molecule has 0 unspecified atom stereocenters. The van der Waals surface area contributed by atoms with Crippen molar-refractivity contribution in [1.82, 2.24) is 0 Å². The van der Waals surface area contributed by atoms with Gasteiger partial charge in [-0.2, -0.15) is 0 Å². The van der Waals surface area contributed by atoms with Gasteiger partial charge in [0, 0.05) is 0 Å². The number of anilines is 1. The third kappa shape index (κ3) is 2.93. The van der Waals surface area contributed by atoms with Crippen molar-refractivity contribution < 1.29 is 18.3 Å². The summed E-state index contributed by atoms with van der Waals surface area (Å²) in [6, 6.07) is 5.85. The maximum Gasteiger partial charge on any atom is 0.337 e. The van der Waals surface area contributed by atoms with Crippen molar-refractivity contribution in [2.75, 3.05) is 12.4 Å². The second-order valence-electron chi connectivity index (χ2n) is 4.07. The Hall–Kier alpha value is -2.30. The number of carbonyl (C=O) groups excluding carboxylic acids is 1. The van der Waals surface area contributed by atoms with Crippen LogP contribution in [0.15, 0.2) is 34.9 Å². The van der Waals surface area contributed by atoms with Gasteiger partial charge in [-0.3, -0.25) is 0 Å². The number of rotatable bonds is 4. The van der Waals surface area contributed by atoms with Crippen LogP contribution in [0.2, 0.25) is 0 Å². The molecule has 0 aliphatic rings. The molecule has 1 heterocycles. The number of furan rings is 1. The molecule has 5 heteroatoms. The third-order valence-corrected chi connectivity index (χ3v) is 2.80. The van der Waals surface area contributed by atoms with Crippen LogP contribution in [-0.4, -0.2) is 13.1 Å². The lowest BCUT2D eigenvalue weighted by Gasteiger charge is -2.08. The first-order valence-corrected chi connectivity index (χ1v) is 5.76. The van der Waals surface area contributed by atoms with E-state index in [1.165, 1.54) is 25.3 Å². The van der Waals surface area contributed by atoms with E-state index in [1.807, 2.05) is 13.0 Å². The first kappa shape index (κ1) is 13.1. The second kappa shape index (κ2) is 5.56. The van der Waals surface area contributed by atoms with E-state index in [2.05, 4.69) is 10.1 Å². The lowest BCUT2D eigenvalue weighted by atomic mass is 10.2. The van der Waals surface area contributed by atoms with Crippen molar-refractivity contribution in [3.05, 3.63) is 53.2 Å². The van der Waals surface area contributed by atoms with Gasteiger partial charge in [-0.15, -0.1) is 0 Å². The Bertz CT molecular complexity index is 592. The lowest BCUT2D eigenvalue weighted by Crippen LogP contribution is -2.06. The Morgan fingerprint density at radius 1 is 1.42 bits per heavy atom. The number of halogens is 1. The molecule has 0 aliphatic carbocycles. The average Bonchev–Trinajstić information content (AvgIpc) is 2.82. The van der Waals surface area contributed by atoms with Gasteiger partial charge in [0.15, 0.2) is 0 Å². The molecular weight excluding hydrogens is 249 g/mol. The molecule has 2 aromatic rings. The van der Waals surface area contributed by atoms with Crippen molar-refractivity contribution in [1.29, 1.82) is 0 Å². The van der Waals surface area contributed by atoms with E-state index in [0.717, 1.165) is 11.3 Å². The summed E-state index contributed by atoms with van der Waals surface area (Å²) in [6.45, 7) is 2.25. The number of benzene rings is 1. The van der Waals surface area contributed by atoms with Gasteiger partial charge < -0.3 is 14.5 Å². The second-order valence-corrected chi connectivity index (χ2v) is 4.07. The summed E-state index contributed by atoms with van der Waals surface area (Å²) < 4.78 is 23.5. The van der Waals surface area contributed by atoms with E-state index in [0.29, 0.717) is 12.1 Å². The predicted molar refractivity (Wildman–Crippen MR) is 68.5 cm³/mol. The number of esters is 1. The van der Waals surface area contributed by atoms with E-state index in [9.17, 15) is 9.18 Å². The monoisotopic (exact) mass is 263 g/mol. The van der Waals surface area contributed by atoms with Gasteiger partial charge in [0.1, 0.15) is 11.6 Å². The molecule has 1 aromatic carbocycles. The molecule has 0 saturated carbocycles. The topological polar surface area (TPSA) is 51.5 Å². The van der Waals surface area contributed by atoms with Crippen molar-refractivity contribution >= 4 is 11.7 Å². The quantitative estimate of drug-likeness (QED) is 0.861. The van der Waals surface area contributed by atoms with Crippen LogP contribution in [0.3, 0.4) is 0 Å². The SMILES string of the molecule is COC(=O)c1ccc(F)c(NCc2occc2C)c1. The third-order valence-electron chi connectivity index (χ3n) is 2.80. The number of hydrogen-bond acceptors (Lipinski definition) is 4. The van der Waals surface area contributed by atoms with Crippen LogP contribution in [0.4, 0.5) is 10.1 Å². The van der Waals surface area contributed by atoms with Crippen LogP contribution >= 0.6 is 0 Å². The smallest absolute Gasteiger partial charge is 0.337 e. The average molecular weight is 263 g/mol. The summed E-state index contributed by atoms with van der Waals surface area (Å²) in [5, 5.41) is 2.90. The van der Waals surface area contributed by atoms with E-state index >= 15 is 0 Å². The Morgan fingerprint density at radius 2 is 2.21 bits per heavy atom. The van der Waals surface area contributed by atoms with Crippen LogP contribution < -0.4 is 5.32 Å². The number of nitrogens with one attached hydrogen (secondary N) is 1. The van der Waals surface area contributed by atoms with Crippen LogP contribution in [0.5, 0.6) is 0 Å². The highest BCUT2D eigenvalue weighted by molar-refractivity contribution is 5.90. The molecule has 0 amide bonds. The molecule has 4 nitrogen and oxygen atoms in total. The van der Waals surface area contributed by atoms with E-state index in [4.69, 9.17) is 4.42 Å². The number of carbonyl (C=O) groups is 1. The highest BCUT2D eigenvalue weighted by Gasteiger charge is 2.10. The summed E-state index contributed by atoms with van der Waals surface area (Å²) in [6.07, 6.45) is 1.58. The van der Waals surface area contributed by atoms with Crippen LogP contribution in [0, 0.1) is 12.7 Å². The molecule has 0 radical (unpaired) electrons. The zero-order valence-corrected chi connectivity index (χ0v) is 10.7. The van der Waals surface area contributed by atoms with Crippen molar-refractivity contribution in [3.8, 4) is 0 Å². The molecular formula is C14H14FNO3. The summed E-state index contributed by atoms with van der Waals surface area (Å²) in [5.74, 6) is -0.211. The first-order valence-electron chi connectivity index (χ1n) is 5.76. The molecule has 0 spiro atoms. The van der Waals surface area contributed by atoms with Gasteiger partial charge in [0.05, 0.1) is 31.2 Å². The Kier molecular flexibility index (Phi) is 3.85. The van der Waals surface area contributed by atoms with Gasteiger partial charge in [0.2, 0.25) is 0 Å². The first-order chi connectivity index (χ1) is 9.11. The van der Waals surface area contributed by atoms with Crippen molar-refractivity contribution in [3.63, 3.8) is 0 Å². The summed E-state index contributed by atoms with van der Waals surface area (Å²) in [5.41, 5.74) is 1.51. The van der Waals surface area contributed by atoms with Gasteiger partial charge in [0.25, 0.3) is 0 Å². The van der Waals surface area contributed by atoms with Gasteiger partial charge in [-0.05, 0) is 36.8 Å². The van der Waals surface area contributed by atoms with Crippen molar-refractivity contribution in [2.24, 2.45) is 0 Å². The lowest BCUT2D eigenvalue weighted by molar-refractivity contribution is 0.0600. The largest absolute Gasteiger partial charge is 0.467 e. The summed E-state index contributed by atoms with van der Waals surface area (Å²) in [4.78, 5) is 11.4. The number of ether oxygens (including phenoxy) is 1. The van der Waals surface area contributed by atoms with Gasteiger partial charge in [-0.1, -0.05) is 0 Å². The van der Waals surface area contributed by atoms with Crippen molar-refractivity contribution in [2.45, 2.75) is 13.5 Å². The number of methoxy groups -OCH3 is 1. The molecule has 0 saturated heterocycles. The van der Waals surface area contributed by atoms with Gasteiger partial charge >= 0.3 is 5.97 Å². The zero-order chi connectivity index (χ0) is 13.8. The summed E-state index contributed by atoms with van der Waals surface area (Å²) >= 11 is 0. The maximum absolute atomic E-state index is 13.6. The molecule has 0 fully saturated rings. The zero-order valence-electron chi connectivity index (χ0n) is 10.7. The molecule has 0 atom stereocenters. The molecule has 100 valence electrons. The Labute approximate surface area is 110 Å². The molecule has 1 aromatic heterocycles. The minimum absolute atomic E-state index is 0.235. The van der Waals surface area contributed by atoms with E-state index < -0.39 is 11.8 Å². The minimum Gasteiger partial charge on any atom is -0.467 e. The van der Waals surface area contributed by atoms with Gasteiger partial charge in [-0.25, -0.2) is 9.18 Å². The van der Waals surface area contributed by atoms with Crippen LogP contribution in [0.1, 0.15) is 21.7 Å². The Morgan fingerprint density at radius 3 is 2.84 bits per heavy atom. The van der Waals surface area contributed by atoms with E-state index in [-0.39, 0.29) is 5.69 Å². The fraction of sp³-hybridized carbons (Fsp3) is 0.214. The molecule has 2 rings (SSSR count). The molecule has 19 heavy (non-hydrogen) atoms. The summed E-state index contributed by atoms with van der Waals surface area (Å²) in [7, 11) is 1.28. The van der Waals surface area contributed by atoms with E-state index in [1.54, 1.807) is 6.26 Å². The van der Waals surface area contributed by atoms with Crippen LogP contribution in [-0.2, 0) is 11.3 Å². The fourth-order valence-corrected chi connectivity index (χ4v) is 1.67. The molecule has 0 bridgehead atoms. The minimum atomic E-state index is -0.503. The van der Waals surface area contributed by atoms with Crippen LogP contribution in [0.25, 0.3) is 0 Å². The number of aryl methyl sites for hydroxylation is 1. The highest BCUT2D eigenvalue weighted by atomic mass is 19.1. The molecule has 1 N–H and O–H groups in total. The number of hydrogen-bond donors (Lipinski definition) is 1. The Balaban J connectivity index is 2.15. The fourth-order valence-electron chi connectivity index (χ4n) is 1.67.